The van der Waals surface area contributed by atoms with Crippen LogP contribution in [0.3, 0.4) is 0 Å². The Balaban J connectivity index is 0.000000701. The molecule has 25 heavy (non-hydrogen) atoms. The zero-order chi connectivity index (χ0) is 18.2. The van der Waals surface area contributed by atoms with Crippen molar-refractivity contribution in [3.05, 3.63) is 59.4 Å². The Morgan fingerprint density at radius 3 is 2.60 bits per heavy atom. The number of pyridine rings is 1. The van der Waals surface area contributed by atoms with Gasteiger partial charge in [-0.3, -0.25) is 4.79 Å². The van der Waals surface area contributed by atoms with Gasteiger partial charge < -0.3 is 9.72 Å². The van der Waals surface area contributed by atoms with Crippen LogP contribution in [0.2, 0.25) is 0 Å². The molecule has 0 unspecified atom stereocenters. The Labute approximate surface area is 144 Å². The molecule has 1 aromatic carbocycles. The molecular formula is C19H18N2O4. The van der Waals surface area contributed by atoms with Crippen LogP contribution in [0.15, 0.2) is 42.6 Å². The normalized spacial score (nSPS) is 9.84. The molecule has 0 fully saturated rings. The number of aryl methyl sites for hydroxylation is 1. The third-order valence-corrected chi connectivity index (χ3v) is 3.60. The van der Waals surface area contributed by atoms with E-state index in [-0.39, 0.29) is 11.9 Å². The lowest BCUT2D eigenvalue weighted by atomic mass is 10.0. The Morgan fingerprint density at radius 2 is 1.88 bits per heavy atom. The molecule has 0 spiro atoms. The summed E-state index contributed by atoms with van der Waals surface area (Å²) in [6.07, 6.45) is 2.81. The molecule has 2 aromatic heterocycles. The van der Waals surface area contributed by atoms with Gasteiger partial charge in [-0.25, -0.2) is 4.98 Å². The minimum Gasteiger partial charge on any atom is -0.497 e. The van der Waals surface area contributed by atoms with Crippen LogP contribution in [-0.2, 0) is 27.2 Å². The average molecular weight is 338 g/mol. The Morgan fingerprint density at radius 1 is 1.16 bits per heavy atom. The van der Waals surface area contributed by atoms with Gasteiger partial charge in [-0.05, 0) is 42.3 Å². The largest absolute Gasteiger partial charge is 0.497 e. The van der Waals surface area contributed by atoms with E-state index in [0.29, 0.717) is 12.8 Å². The molecule has 0 saturated carbocycles. The van der Waals surface area contributed by atoms with E-state index in [1.807, 2.05) is 43.3 Å². The van der Waals surface area contributed by atoms with E-state index in [0.717, 1.165) is 33.6 Å². The van der Waals surface area contributed by atoms with Crippen LogP contribution < -0.4 is 4.74 Å². The van der Waals surface area contributed by atoms with Crippen molar-refractivity contribution in [3.63, 3.8) is 0 Å². The molecule has 3 rings (SSSR count). The number of hydrogen-bond acceptors (Lipinski definition) is 5. The first kappa shape index (κ1) is 18.1. The number of H-pyrrole nitrogens is 1. The summed E-state index contributed by atoms with van der Waals surface area (Å²) in [4.78, 5) is 36.0. The number of carbonyl (C=O) groups is 1. The summed E-state index contributed by atoms with van der Waals surface area (Å²) in [7, 11) is 1.63. The SMILES string of the molecule is COc1cccc(CC(=O)Cc2cnc3[nH]c(C)cc3c2)c1.O=C=O. The summed E-state index contributed by atoms with van der Waals surface area (Å²) >= 11 is 0. The molecule has 0 radical (unpaired) electrons. The minimum absolute atomic E-state index is 0.168. The highest BCUT2D eigenvalue weighted by atomic mass is 16.5. The molecule has 2 heterocycles. The Bertz CT molecular complexity index is 909. The number of aromatic amines is 1. The van der Waals surface area contributed by atoms with Crippen LogP contribution in [0.5, 0.6) is 5.75 Å². The molecule has 128 valence electrons. The van der Waals surface area contributed by atoms with Gasteiger partial charge in [-0.2, -0.15) is 9.59 Å². The van der Waals surface area contributed by atoms with E-state index in [2.05, 4.69) is 9.97 Å². The number of carbonyl (C=O) groups excluding carboxylic acids is 3. The maximum Gasteiger partial charge on any atom is 0.373 e. The zero-order valence-corrected chi connectivity index (χ0v) is 14.0. The van der Waals surface area contributed by atoms with Crippen molar-refractivity contribution in [1.82, 2.24) is 9.97 Å². The molecule has 0 saturated heterocycles. The summed E-state index contributed by atoms with van der Waals surface area (Å²) in [5.74, 6) is 0.942. The predicted molar refractivity (Wildman–Crippen MR) is 91.2 cm³/mol. The van der Waals surface area contributed by atoms with Crippen LogP contribution in [0.1, 0.15) is 16.8 Å². The highest BCUT2D eigenvalue weighted by Crippen LogP contribution is 2.16. The van der Waals surface area contributed by atoms with Crippen LogP contribution in [0.25, 0.3) is 11.0 Å². The van der Waals surface area contributed by atoms with Crippen LogP contribution in [0, 0.1) is 6.92 Å². The second-order valence-electron chi connectivity index (χ2n) is 5.56. The van der Waals surface area contributed by atoms with E-state index in [9.17, 15) is 4.79 Å². The van der Waals surface area contributed by atoms with Gasteiger partial charge in [0.25, 0.3) is 0 Å². The molecule has 3 aromatic rings. The Hall–Kier alpha value is -3.24. The predicted octanol–water partition coefficient (Wildman–Crippen LogP) is 2.65. The van der Waals surface area contributed by atoms with Crippen LogP contribution in [-0.4, -0.2) is 29.0 Å². The number of ketones is 1. The number of Topliss-reactive ketones (excluding diaryl/α,β-unsaturated/α-hetero) is 1. The van der Waals surface area contributed by atoms with Crippen molar-refractivity contribution in [2.24, 2.45) is 0 Å². The molecule has 1 N–H and O–H groups in total. The van der Waals surface area contributed by atoms with Gasteiger partial charge >= 0.3 is 6.15 Å². The fourth-order valence-corrected chi connectivity index (χ4v) is 2.59. The molecule has 0 aliphatic heterocycles. The number of rotatable bonds is 5. The van der Waals surface area contributed by atoms with E-state index in [4.69, 9.17) is 14.3 Å². The lowest BCUT2D eigenvalue weighted by Gasteiger charge is -2.04. The number of benzene rings is 1. The minimum atomic E-state index is 0.168. The van der Waals surface area contributed by atoms with Crippen molar-refractivity contribution < 1.29 is 19.1 Å². The monoisotopic (exact) mass is 338 g/mol. The average Bonchev–Trinajstić information content (AvgIpc) is 2.95. The number of methoxy groups -OCH3 is 1. The lowest BCUT2D eigenvalue weighted by molar-refractivity contribution is -0.191. The fraction of sp³-hybridized carbons (Fsp3) is 0.211. The van der Waals surface area contributed by atoms with Crippen LogP contribution >= 0.6 is 0 Å². The third kappa shape index (κ3) is 5.12. The van der Waals surface area contributed by atoms with E-state index in [1.165, 1.54) is 0 Å². The van der Waals surface area contributed by atoms with Gasteiger partial charge in [0.05, 0.1) is 7.11 Å². The van der Waals surface area contributed by atoms with E-state index >= 15 is 0 Å². The summed E-state index contributed by atoms with van der Waals surface area (Å²) < 4.78 is 5.18. The van der Waals surface area contributed by atoms with Crippen molar-refractivity contribution in [2.45, 2.75) is 19.8 Å². The highest BCUT2D eigenvalue weighted by molar-refractivity contribution is 5.85. The quantitative estimate of drug-likeness (QED) is 0.772. The summed E-state index contributed by atoms with van der Waals surface area (Å²) in [5.41, 5.74) is 3.85. The molecule has 0 bridgehead atoms. The van der Waals surface area contributed by atoms with Crippen molar-refractivity contribution in [3.8, 4) is 5.75 Å². The second-order valence-corrected chi connectivity index (χ2v) is 5.56. The molecule has 0 aliphatic carbocycles. The number of nitrogens with zero attached hydrogens (tertiary/aromatic N) is 1. The topological polar surface area (TPSA) is 89.1 Å². The maximum atomic E-state index is 12.2. The first-order valence-corrected chi connectivity index (χ1v) is 7.64. The molecule has 6 heteroatoms. The number of fused-ring (bicyclic) bond motifs is 1. The van der Waals surface area contributed by atoms with Gasteiger partial charge in [0.2, 0.25) is 0 Å². The van der Waals surface area contributed by atoms with Gasteiger partial charge in [-0.15, -0.1) is 0 Å². The fourth-order valence-electron chi connectivity index (χ4n) is 2.59. The summed E-state index contributed by atoms with van der Waals surface area (Å²) in [6, 6.07) is 11.7. The van der Waals surface area contributed by atoms with Gasteiger partial charge in [0.1, 0.15) is 17.2 Å². The highest BCUT2D eigenvalue weighted by Gasteiger charge is 2.08. The van der Waals surface area contributed by atoms with E-state index in [1.54, 1.807) is 13.3 Å². The standard InChI is InChI=1S/C18H18N2O2.CO2/c1-12-6-15-7-14(11-19-18(15)20-12)9-16(21)8-13-4-3-5-17(10-13)22-2;2-1-3/h3-7,10-11H,8-9H2,1-2H3,(H,19,20);. The molecule has 0 aliphatic rings. The number of hydrogen-bond donors (Lipinski definition) is 1. The lowest BCUT2D eigenvalue weighted by Crippen LogP contribution is -2.07. The molecule has 0 amide bonds. The maximum absolute atomic E-state index is 12.2. The van der Waals surface area contributed by atoms with Crippen molar-refractivity contribution in [2.75, 3.05) is 7.11 Å². The third-order valence-electron chi connectivity index (χ3n) is 3.60. The van der Waals surface area contributed by atoms with E-state index < -0.39 is 0 Å². The second kappa shape index (κ2) is 8.57. The Kier molecular flexibility index (Phi) is 6.20. The van der Waals surface area contributed by atoms with Gasteiger partial charge in [-0.1, -0.05) is 12.1 Å². The summed E-state index contributed by atoms with van der Waals surface area (Å²) in [6.45, 7) is 2.00. The molecule has 0 atom stereocenters. The number of ether oxygens (including phenoxy) is 1. The molecular weight excluding hydrogens is 320 g/mol. The van der Waals surface area contributed by atoms with Crippen molar-refractivity contribution >= 4 is 23.0 Å². The number of nitrogens with one attached hydrogen (secondary N) is 1. The van der Waals surface area contributed by atoms with Crippen molar-refractivity contribution in [1.29, 1.82) is 0 Å². The smallest absolute Gasteiger partial charge is 0.373 e. The van der Waals surface area contributed by atoms with Gasteiger partial charge in [0.15, 0.2) is 0 Å². The number of aromatic nitrogens is 2. The first-order valence-electron chi connectivity index (χ1n) is 7.64. The van der Waals surface area contributed by atoms with Crippen LogP contribution in [0.4, 0.5) is 0 Å². The van der Waals surface area contributed by atoms with Gasteiger partial charge in [0, 0.05) is 30.1 Å². The first-order chi connectivity index (χ1) is 12.0. The summed E-state index contributed by atoms with van der Waals surface area (Å²) in [5, 5.41) is 1.05. The zero-order valence-electron chi connectivity index (χ0n) is 14.0. The molecule has 6 nitrogen and oxygen atoms in total.